The van der Waals surface area contributed by atoms with Crippen LogP contribution in [0.5, 0.6) is 5.75 Å². The Labute approximate surface area is 142 Å². The van der Waals surface area contributed by atoms with Crippen LogP contribution in [0.1, 0.15) is 21.5 Å². The number of hydrogen-bond acceptors (Lipinski definition) is 5. The van der Waals surface area contributed by atoms with E-state index in [9.17, 15) is 26.4 Å². The van der Waals surface area contributed by atoms with Crippen LogP contribution < -0.4 is 4.18 Å². The van der Waals surface area contributed by atoms with Gasteiger partial charge in [-0.3, -0.25) is 0 Å². The van der Waals surface area contributed by atoms with Crippen molar-refractivity contribution in [3.63, 3.8) is 0 Å². The maximum absolute atomic E-state index is 12.9. The van der Waals surface area contributed by atoms with E-state index < -0.39 is 32.7 Å². The number of esters is 1. The van der Waals surface area contributed by atoms with E-state index in [-0.39, 0.29) is 16.9 Å². The highest BCUT2D eigenvalue weighted by molar-refractivity contribution is 7.87. The molecule has 0 aliphatic rings. The van der Waals surface area contributed by atoms with Gasteiger partial charge in [0.05, 0.1) is 18.2 Å². The van der Waals surface area contributed by atoms with Crippen LogP contribution in [0, 0.1) is 6.92 Å². The van der Waals surface area contributed by atoms with Crippen molar-refractivity contribution >= 4 is 16.1 Å². The maximum atomic E-state index is 12.9. The van der Waals surface area contributed by atoms with E-state index in [2.05, 4.69) is 4.74 Å². The normalized spacial score (nSPS) is 11.9. The molecule has 0 spiro atoms. The topological polar surface area (TPSA) is 69.7 Å². The van der Waals surface area contributed by atoms with Gasteiger partial charge in [-0.25, -0.2) is 4.79 Å². The summed E-state index contributed by atoms with van der Waals surface area (Å²) in [5, 5.41) is 0. The molecule has 0 radical (unpaired) electrons. The molecule has 0 heterocycles. The predicted octanol–water partition coefficient (Wildman–Crippen LogP) is 3.57. The fourth-order valence-corrected chi connectivity index (χ4v) is 2.98. The van der Waals surface area contributed by atoms with Gasteiger partial charge in [-0.05, 0) is 42.8 Å². The Morgan fingerprint density at radius 2 is 1.76 bits per heavy atom. The Hall–Kier alpha value is -2.55. The minimum Gasteiger partial charge on any atom is -0.465 e. The number of hydrogen-bond donors (Lipinski definition) is 0. The smallest absolute Gasteiger partial charge is 0.416 e. The predicted molar refractivity (Wildman–Crippen MR) is 81.8 cm³/mol. The first kappa shape index (κ1) is 18.8. The molecular formula is C16H13F3O5S. The average Bonchev–Trinajstić information content (AvgIpc) is 2.53. The van der Waals surface area contributed by atoms with Crippen molar-refractivity contribution in [2.75, 3.05) is 7.11 Å². The zero-order valence-corrected chi connectivity index (χ0v) is 13.9. The van der Waals surface area contributed by atoms with Crippen molar-refractivity contribution in [3.05, 3.63) is 59.2 Å². The van der Waals surface area contributed by atoms with Crippen molar-refractivity contribution in [1.29, 1.82) is 0 Å². The molecule has 25 heavy (non-hydrogen) atoms. The third-order valence-electron chi connectivity index (χ3n) is 3.26. The Morgan fingerprint density at radius 1 is 1.08 bits per heavy atom. The number of benzene rings is 2. The zero-order chi connectivity index (χ0) is 18.8. The number of halogens is 3. The van der Waals surface area contributed by atoms with Gasteiger partial charge < -0.3 is 8.92 Å². The van der Waals surface area contributed by atoms with Crippen molar-refractivity contribution in [1.82, 2.24) is 0 Å². The van der Waals surface area contributed by atoms with Crippen molar-refractivity contribution in [3.8, 4) is 5.75 Å². The number of alkyl halides is 3. The van der Waals surface area contributed by atoms with Crippen LogP contribution in [-0.4, -0.2) is 21.5 Å². The van der Waals surface area contributed by atoms with Gasteiger partial charge in [-0.15, -0.1) is 0 Å². The van der Waals surface area contributed by atoms with Gasteiger partial charge >= 0.3 is 22.3 Å². The van der Waals surface area contributed by atoms with Gasteiger partial charge in [0.1, 0.15) is 10.6 Å². The van der Waals surface area contributed by atoms with Crippen LogP contribution in [0.25, 0.3) is 0 Å². The van der Waals surface area contributed by atoms with E-state index in [1.54, 1.807) is 0 Å². The largest absolute Gasteiger partial charge is 0.465 e. The molecule has 2 aromatic rings. The molecule has 5 nitrogen and oxygen atoms in total. The number of aryl methyl sites for hydroxylation is 1. The molecule has 0 amide bonds. The molecule has 9 heteroatoms. The van der Waals surface area contributed by atoms with Crippen molar-refractivity contribution in [2.24, 2.45) is 0 Å². The first-order valence-corrected chi connectivity index (χ1v) is 8.26. The molecular weight excluding hydrogens is 361 g/mol. The summed E-state index contributed by atoms with van der Waals surface area (Å²) >= 11 is 0. The molecule has 134 valence electrons. The molecule has 0 aliphatic carbocycles. The van der Waals surface area contributed by atoms with E-state index in [0.717, 1.165) is 25.3 Å². The Bertz CT molecular complexity index is 904. The van der Waals surface area contributed by atoms with Crippen LogP contribution in [0.4, 0.5) is 13.2 Å². The highest BCUT2D eigenvalue weighted by Gasteiger charge is 2.34. The van der Waals surface area contributed by atoms with Crippen LogP contribution in [0.3, 0.4) is 0 Å². The second-order valence-electron chi connectivity index (χ2n) is 5.03. The monoisotopic (exact) mass is 374 g/mol. The molecule has 0 aromatic heterocycles. The van der Waals surface area contributed by atoms with E-state index >= 15 is 0 Å². The van der Waals surface area contributed by atoms with Crippen molar-refractivity contribution < 1.29 is 35.3 Å². The standard InChI is InChI=1S/C16H13F3O5S/c1-10-6-7-13(9-14(10)16(17,18)19)25(21,22)24-12-5-3-4-11(8-12)15(20)23-2/h3-9H,1-2H3. The summed E-state index contributed by atoms with van der Waals surface area (Å²) in [7, 11) is -3.36. The molecule has 0 saturated heterocycles. The van der Waals surface area contributed by atoms with E-state index in [4.69, 9.17) is 4.18 Å². The Balaban J connectivity index is 2.39. The number of carbonyl (C=O) groups is 1. The summed E-state index contributed by atoms with van der Waals surface area (Å²) in [6, 6.07) is 7.67. The lowest BCUT2D eigenvalue weighted by atomic mass is 10.1. The van der Waals surface area contributed by atoms with Crippen LogP contribution in [0.2, 0.25) is 0 Å². The number of ether oxygens (including phenoxy) is 1. The van der Waals surface area contributed by atoms with Gasteiger partial charge in [-0.2, -0.15) is 21.6 Å². The Kier molecular flexibility index (Phi) is 5.07. The SMILES string of the molecule is COC(=O)c1cccc(OS(=O)(=O)c2ccc(C)c(C(F)(F)F)c2)c1. The third kappa shape index (κ3) is 4.30. The molecule has 0 fully saturated rings. The second-order valence-corrected chi connectivity index (χ2v) is 6.58. The molecule has 0 bridgehead atoms. The van der Waals surface area contributed by atoms with Crippen LogP contribution >= 0.6 is 0 Å². The third-order valence-corrected chi connectivity index (χ3v) is 4.51. The quantitative estimate of drug-likeness (QED) is 0.605. The van der Waals surface area contributed by atoms with Gasteiger partial charge in [0.15, 0.2) is 0 Å². The Morgan fingerprint density at radius 3 is 2.36 bits per heavy atom. The van der Waals surface area contributed by atoms with Crippen LogP contribution in [-0.2, 0) is 21.0 Å². The number of rotatable bonds is 4. The van der Waals surface area contributed by atoms with E-state index in [0.29, 0.717) is 6.07 Å². The molecule has 0 saturated carbocycles. The van der Waals surface area contributed by atoms with E-state index in [1.165, 1.54) is 25.1 Å². The fraction of sp³-hybridized carbons (Fsp3) is 0.188. The zero-order valence-electron chi connectivity index (χ0n) is 13.1. The first-order valence-electron chi connectivity index (χ1n) is 6.85. The molecule has 2 rings (SSSR count). The second kappa shape index (κ2) is 6.75. The van der Waals surface area contributed by atoms with Gasteiger partial charge in [0.25, 0.3) is 0 Å². The molecule has 2 aromatic carbocycles. The number of carbonyl (C=O) groups excluding carboxylic acids is 1. The minimum atomic E-state index is -4.69. The molecule has 0 atom stereocenters. The molecule has 0 aliphatic heterocycles. The minimum absolute atomic E-state index is 0.0371. The highest BCUT2D eigenvalue weighted by Crippen LogP contribution is 2.33. The van der Waals surface area contributed by atoms with E-state index in [1.807, 2.05) is 0 Å². The lowest BCUT2D eigenvalue weighted by Crippen LogP contribution is -2.14. The summed E-state index contributed by atoms with van der Waals surface area (Å²) < 4.78 is 72.6. The summed E-state index contributed by atoms with van der Waals surface area (Å²) in [6.07, 6.45) is -4.69. The fourth-order valence-electron chi connectivity index (χ4n) is 2.03. The summed E-state index contributed by atoms with van der Waals surface area (Å²) in [5.74, 6) is -0.936. The van der Waals surface area contributed by atoms with Gasteiger partial charge in [0, 0.05) is 0 Å². The highest BCUT2D eigenvalue weighted by atomic mass is 32.2. The summed E-state index contributed by atoms with van der Waals surface area (Å²) in [4.78, 5) is 10.8. The average molecular weight is 374 g/mol. The van der Waals surface area contributed by atoms with Gasteiger partial charge in [-0.1, -0.05) is 12.1 Å². The molecule has 0 unspecified atom stereocenters. The summed E-state index contributed by atoms with van der Waals surface area (Å²) in [6.45, 7) is 1.22. The summed E-state index contributed by atoms with van der Waals surface area (Å²) in [5.41, 5.74) is -1.14. The first-order chi connectivity index (χ1) is 11.5. The van der Waals surface area contributed by atoms with Gasteiger partial charge in [0.2, 0.25) is 0 Å². The lowest BCUT2D eigenvalue weighted by Gasteiger charge is -2.13. The lowest BCUT2D eigenvalue weighted by molar-refractivity contribution is -0.138. The van der Waals surface area contributed by atoms with Crippen LogP contribution in [0.15, 0.2) is 47.4 Å². The maximum Gasteiger partial charge on any atom is 0.416 e. The molecule has 0 N–H and O–H groups in total. The van der Waals surface area contributed by atoms with Crippen molar-refractivity contribution in [2.45, 2.75) is 18.0 Å². The number of methoxy groups -OCH3 is 1.